The number of benzene rings is 4. The highest BCUT2D eigenvalue weighted by molar-refractivity contribution is 6.12. The number of phenols is 1. The summed E-state index contributed by atoms with van der Waals surface area (Å²) in [5.41, 5.74) is 9.53. The third-order valence-electron chi connectivity index (χ3n) is 13.0. The Morgan fingerprint density at radius 1 is 0.744 bits per heavy atom. The molecule has 6 aromatic rings. The van der Waals surface area contributed by atoms with Crippen LogP contribution in [0.4, 0.5) is 0 Å². The number of aromatic hydroxyl groups is 1. The number of methoxy groups -OCH3 is 2. The van der Waals surface area contributed by atoms with Crippen molar-refractivity contribution in [2.24, 2.45) is 11.8 Å². The number of carboxylic acid groups (broad SMARTS) is 4. The van der Waals surface area contributed by atoms with Crippen LogP contribution in [-0.2, 0) is 62.5 Å². The molecular formula is C61H63NO20. The van der Waals surface area contributed by atoms with Crippen molar-refractivity contribution >= 4 is 64.1 Å². The van der Waals surface area contributed by atoms with E-state index in [2.05, 4.69) is 46.5 Å². The van der Waals surface area contributed by atoms with Crippen molar-refractivity contribution in [2.45, 2.75) is 90.4 Å². The highest BCUT2D eigenvalue weighted by Gasteiger charge is 2.45. The van der Waals surface area contributed by atoms with Crippen LogP contribution >= 0.6 is 0 Å². The molecule has 2 unspecified atom stereocenters. The number of allylic oxidation sites excluding steroid dienone is 3. The molecular weight excluding hydrogens is 1070 g/mol. The zero-order valence-corrected chi connectivity index (χ0v) is 45.3. The first-order chi connectivity index (χ1) is 39.2. The SMILES string of the molecule is CCCCC/C=C/C(=O)CCc1ccc(O)c(CO)c1.COc1c(C(=O)/C=C(\O)c2ccccc2)ccc2occc12.COc1ccc2c(c1)Cc1c-2ccnc1C.O=C1CC(C(=O)O)C(C(=O)O)O1.O=C1C[C@H](C(=O)O)[C@H](C(=O)O)O1. The first kappa shape index (κ1) is 63.2. The van der Waals surface area contributed by atoms with Gasteiger partial charge in [0.15, 0.2) is 11.6 Å². The average molecular weight is 1130 g/mol. The van der Waals surface area contributed by atoms with Gasteiger partial charge in [0.25, 0.3) is 0 Å². The quantitative estimate of drug-likeness (QED) is 0.0139. The summed E-state index contributed by atoms with van der Waals surface area (Å²) in [5.74, 6) is -8.40. The summed E-state index contributed by atoms with van der Waals surface area (Å²) in [6.45, 7) is 4.04. The Bertz CT molecular complexity index is 3220. The first-order valence-electron chi connectivity index (χ1n) is 25.8. The lowest BCUT2D eigenvalue weighted by atomic mass is 10.0. The third-order valence-corrected chi connectivity index (χ3v) is 13.0. The molecule has 0 spiro atoms. The number of aryl methyl sites for hydroxylation is 2. The number of carboxylic acids is 4. The molecule has 9 rings (SSSR count). The normalized spacial score (nSPS) is 16.4. The topological polar surface area (TPSA) is 341 Å². The van der Waals surface area contributed by atoms with Gasteiger partial charge in [-0.1, -0.05) is 68.3 Å². The number of carbonyl (C=O) groups excluding carboxylic acids is 4. The fourth-order valence-corrected chi connectivity index (χ4v) is 8.69. The molecule has 0 bridgehead atoms. The molecule has 7 N–H and O–H groups in total. The van der Waals surface area contributed by atoms with Crippen LogP contribution in [-0.4, -0.2) is 115 Å². The van der Waals surface area contributed by atoms with Gasteiger partial charge in [0.2, 0.25) is 12.2 Å². The highest BCUT2D eigenvalue weighted by atomic mass is 16.6. The van der Waals surface area contributed by atoms with Gasteiger partial charge in [-0.15, -0.1) is 0 Å². The standard InChI is InChI=1S/C18H14O4.C17H24O3.C14H13NO.2C6H6O6/c1-21-18-13(7-8-17-14(18)9-10-22-17)16(20)11-15(19)12-5-3-2-4-6-12;1-2-3-4-5-6-7-16(19)10-8-14-9-11-17(20)15(12-14)13-18;1-9-14-8-10-7-11(16-2)3-4-12(10)13(14)5-6-15-9;2*7-3-1-2(5(8)9)4(12-3)6(10)11/h2-11,19H,1H3;6-7,9,11-12,18,20H,2-5,8,10,13H2,1H3;3-7H,8H2,1-2H3;2*2,4H,1H2,(H,8,9)(H,10,11)/b15-11-;7-6+;;;/t;;;2-,4+;/m...0./s1. The molecule has 21 heteroatoms. The lowest BCUT2D eigenvalue weighted by Crippen LogP contribution is -2.31. The van der Waals surface area contributed by atoms with Crippen LogP contribution in [0, 0.1) is 18.8 Å². The maximum atomic E-state index is 12.4. The largest absolute Gasteiger partial charge is 0.508 e. The Labute approximate surface area is 470 Å². The molecule has 2 aliphatic heterocycles. The van der Waals surface area contributed by atoms with Crippen molar-refractivity contribution < 1.29 is 97.5 Å². The van der Waals surface area contributed by atoms with E-state index in [4.69, 9.17) is 39.4 Å². The van der Waals surface area contributed by atoms with Crippen molar-refractivity contribution in [3.05, 3.63) is 161 Å². The Morgan fingerprint density at radius 3 is 1.98 bits per heavy atom. The van der Waals surface area contributed by atoms with Gasteiger partial charge in [0, 0.05) is 41.9 Å². The number of cyclic esters (lactones) is 2. The number of ketones is 2. The van der Waals surface area contributed by atoms with Crippen LogP contribution in [0.1, 0.15) is 95.7 Å². The van der Waals surface area contributed by atoms with Gasteiger partial charge in [0.1, 0.15) is 40.4 Å². The summed E-state index contributed by atoms with van der Waals surface area (Å²) >= 11 is 0. The summed E-state index contributed by atoms with van der Waals surface area (Å²) in [5, 5.41) is 63.1. The van der Waals surface area contributed by atoms with Crippen LogP contribution < -0.4 is 9.47 Å². The van der Waals surface area contributed by atoms with Gasteiger partial charge in [-0.05, 0) is 109 Å². The summed E-state index contributed by atoms with van der Waals surface area (Å²) in [7, 11) is 3.20. The fourth-order valence-electron chi connectivity index (χ4n) is 8.69. The summed E-state index contributed by atoms with van der Waals surface area (Å²) in [6.07, 6.45) is 11.0. The average Bonchev–Trinajstić information content (AvgIpc) is 3.99. The number of aliphatic hydroxyl groups is 2. The van der Waals surface area contributed by atoms with Gasteiger partial charge in [-0.25, -0.2) is 9.59 Å². The number of ether oxygens (including phenoxy) is 4. The molecule has 0 saturated carbocycles. The molecule has 3 aliphatic rings. The smallest absolute Gasteiger partial charge is 0.345 e. The number of pyridine rings is 1. The number of esters is 2. The number of nitrogens with zero attached hydrogens (tertiary/aromatic N) is 1. The van der Waals surface area contributed by atoms with E-state index in [0.29, 0.717) is 40.9 Å². The van der Waals surface area contributed by atoms with Gasteiger partial charge in [-0.2, -0.15) is 0 Å². The number of carbonyl (C=O) groups is 8. The van der Waals surface area contributed by atoms with E-state index in [1.54, 1.807) is 80.1 Å². The Balaban J connectivity index is 0.000000192. The van der Waals surface area contributed by atoms with Crippen molar-refractivity contribution in [3.8, 4) is 28.4 Å². The summed E-state index contributed by atoms with van der Waals surface area (Å²) < 4.78 is 24.4. The minimum atomic E-state index is -1.53. The van der Waals surface area contributed by atoms with Crippen LogP contribution in [0.5, 0.6) is 17.2 Å². The second-order valence-electron chi connectivity index (χ2n) is 18.6. The number of aliphatic hydroxyl groups excluding tert-OH is 2. The molecule has 2 saturated heterocycles. The van der Waals surface area contributed by atoms with Crippen molar-refractivity contribution in [3.63, 3.8) is 0 Å². The Hall–Kier alpha value is -9.63. The van der Waals surface area contributed by atoms with Gasteiger partial charge in [-0.3, -0.25) is 33.8 Å². The van der Waals surface area contributed by atoms with Crippen LogP contribution in [0.3, 0.4) is 0 Å². The van der Waals surface area contributed by atoms with Crippen molar-refractivity contribution in [1.29, 1.82) is 0 Å². The van der Waals surface area contributed by atoms with Crippen LogP contribution in [0.25, 0.3) is 27.9 Å². The number of aromatic nitrogens is 1. The molecule has 2 aromatic heterocycles. The summed E-state index contributed by atoms with van der Waals surface area (Å²) in [6, 6.07) is 27.4. The van der Waals surface area contributed by atoms with Crippen molar-refractivity contribution in [2.75, 3.05) is 14.2 Å². The molecule has 82 heavy (non-hydrogen) atoms. The third kappa shape index (κ3) is 17.4. The second-order valence-corrected chi connectivity index (χ2v) is 18.6. The zero-order chi connectivity index (χ0) is 60.0. The number of hydrogen-bond donors (Lipinski definition) is 7. The van der Waals surface area contributed by atoms with Gasteiger partial charge in [0.05, 0.1) is 50.9 Å². The molecule has 0 radical (unpaired) electrons. The molecule has 0 amide bonds. The maximum Gasteiger partial charge on any atom is 0.345 e. The van der Waals surface area contributed by atoms with E-state index in [-0.39, 0.29) is 42.5 Å². The molecule has 1 aliphatic carbocycles. The van der Waals surface area contributed by atoms with E-state index in [0.717, 1.165) is 41.7 Å². The fraction of sp³-hybridized carbons (Fsp3) is 0.295. The number of fused-ring (bicyclic) bond motifs is 4. The maximum absolute atomic E-state index is 12.4. The molecule has 4 aromatic carbocycles. The molecule has 4 heterocycles. The number of unbranched alkanes of at least 4 members (excludes halogenated alkanes) is 3. The van der Waals surface area contributed by atoms with E-state index < -0.39 is 59.9 Å². The van der Waals surface area contributed by atoms with Crippen molar-refractivity contribution in [1.82, 2.24) is 4.98 Å². The summed E-state index contributed by atoms with van der Waals surface area (Å²) in [4.78, 5) is 90.9. The van der Waals surface area contributed by atoms with E-state index in [1.165, 1.54) is 48.3 Å². The Morgan fingerprint density at radius 2 is 1.40 bits per heavy atom. The zero-order valence-electron chi connectivity index (χ0n) is 45.3. The number of furan rings is 1. The Kier molecular flexibility index (Phi) is 23.6. The lowest BCUT2D eigenvalue weighted by Gasteiger charge is -2.07. The van der Waals surface area contributed by atoms with E-state index in [1.807, 2.05) is 24.4 Å². The highest BCUT2D eigenvalue weighted by Crippen LogP contribution is 2.39. The van der Waals surface area contributed by atoms with Gasteiger partial charge < -0.3 is 59.1 Å². The van der Waals surface area contributed by atoms with Crippen LogP contribution in [0.2, 0.25) is 0 Å². The number of rotatable bonds is 18. The van der Waals surface area contributed by atoms with E-state index >= 15 is 0 Å². The minimum Gasteiger partial charge on any atom is -0.508 e. The molecule has 2 fully saturated rings. The van der Waals surface area contributed by atoms with E-state index in [9.17, 15) is 48.6 Å². The van der Waals surface area contributed by atoms with Gasteiger partial charge >= 0.3 is 35.8 Å². The number of hydrogen-bond acceptors (Lipinski definition) is 17. The minimum absolute atomic E-state index is 0.0834. The number of aliphatic carboxylic acids is 4. The monoisotopic (exact) mass is 1130 g/mol. The second kappa shape index (κ2) is 30.7. The predicted octanol–water partition coefficient (Wildman–Crippen LogP) is 8.89. The predicted molar refractivity (Wildman–Crippen MR) is 295 cm³/mol. The molecule has 432 valence electrons. The first-order valence-corrected chi connectivity index (χ1v) is 25.8. The lowest BCUT2D eigenvalue weighted by molar-refractivity contribution is -0.161. The molecule has 4 atom stereocenters. The molecule has 21 nitrogen and oxygen atoms in total. The van der Waals surface area contributed by atoms with Crippen LogP contribution in [0.15, 0.2) is 126 Å².